The highest BCUT2D eigenvalue weighted by Crippen LogP contribution is 2.30. The number of methoxy groups -OCH3 is 1. The number of rotatable bonds is 8. The van der Waals surface area contributed by atoms with Gasteiger partial charge in [-0.05, 0) is 59.9 Å². The molecule has 1 amide bonds. The number of hydrogen-bond acceptors (Lipinski definition) is 5. The molecule has 1 fully saturated rings. The van der Waals surface area contributed by atoms with E-state index >= 15 is 4.39 Å². The zero-order chi connectivity index (χ0) is 27.9. The summed E-state index contributed by atoms with van der Waals surface area (Å²) in [4.78, 5) is 32.9. The number of hydrogen-bond donors (Lipinski definition) is 0. The SMILES string of the molecule is [2H]C(c1ccc(-c2ccc(N(C)C)cc2)cc1F)N(C(=O)C1CCCCC1)c1cncc(/C=C/C(=O)OC)c1. The highest BCUT2D eigenvalue weighted by Gasteiger charge is 2.28. The molecule has 3 aromatic rings. The first-order valence-electron chi connectivity index (χ1n) is 13.4. The van der Waals surface area contributed by atoms with Crippen molar-refractivity contribution in [3.05, 3.63) is 83.9 Å². The van der Waals surface area contributed by atoms with Gasteiger partial charge in [0.1, 0.15) is 5.82 Å². The average Bonchev–Trinajstić information content (AvgIpc) is 2.96. The van der Waals surface area contributed by atoms with Gasteiger partial charge in [-0.3, -0.25) is 9.78 Å². The van der Waals surface area contributed by atoms with Crippen LogP contribution in [0.2, 0.25) is 0 Å². The molecule has 4 rings (SSSR count). The third-order valence-corrected chi connectivity index (χ3v) is 6.81. The van der Waals surface area contributed by atoms with Crippen LogP contribution < -0.4 is 9.80 Å². The molecule has 0 radical (unpaired) electrons. The molecule has 1 aliphatic carbocycles. The number of pyridine rings is 1. The summed E-state index contributed by atoms with van der Waals surface area (Å²) < 4.78 is 29.3. The molecular formula is C31H34FN3O3. The minimum absolute atomic E-state index is 0.100. The van der Waals surface area contributed by atoms with Gasteiger partial charge in [0.2, 0.25) is 5.91 Å². The smallest absolute Gasteiger partial charge is 0.330 e. The lowest BCUT2D eigenvalue weighted by Crippen LogP contribution is -2.37. The molecule has 1 saturated carbocycles. The van der Waals surface area contributed by atoms with E-state index in [0.29, 0.717) is 16.8 Å². The Morgan fingerprint density at radius 1 is 1.03 bits per heavy atom. The fourth-order valence-electron chi connectivity index (χ4n) is 4.61. The van der Waals surface area contributed by atoms with E-state index in [4.69, 9.17) is 1.37 Å². The molecule has 0 N–H and O–H groups in total. The number of carbonyl (C=O) groups excluding carboxylic acids is 2. The molecule has 198 valence electrons. The first-order valence-corrected chi connectivity index (χ1v) is 12.8. The Morgan fingerprint density at radius 3 is 2.39 bits per heavy atom. The van der Waals surface area contributed by atoms with Gasteiger partial charge in [0.05, 0.1) is 26.9 Å². The maximum absolute atomic E-state index is 15.6. The molecule has 1 unspecified atom stereocenters. The summed E-state index contributed by atoms with van der Waals surface area (Å²) in [6, 6.07) is 14.2. The van der Waals surface area contributed by atoms with Crippen molar-refractivity contribution in [3.8, 4) is 11.1 Å². The number of esters is 1. The highest BCUT2D eigenvalue weighted by molar-refractivity contribution is 5.95. The van der Waals surface area contributed by atoms with Crippen molar-refractivity contribution >= 4 is 29.3 Å². The monoisotopic (exact) mass is 516 g/mol. The second kappa shape index (κ2) is 12.5. The second-order valence-corrected chi connectivity index (χ2v) is 9.68. The van der Waals surface area contributed by atoms with Crippen LogP contribution in [0.25, 0.3) is 17.2 Å². The van der Waals surface area contributed by atoms with Crippen LogP contribution in [-0.4, -0.2) is 38.1 Å². The molecule has 0 aliphatic heterocycles. The van der Waals surface area contributed by atoms with E-state index in [2.05, 4.69) is 9.72 Å². The first kappa shape index (κ1) is 25.6. The van der Waals surface area contributed by atoms with Crippen LogP contribution in [0.15, 0.2) is 67.0 Å². The van der Waals surface area contributed by atoms with Gasteiger partial charge in [-0.2, -0.15) is 0 Å². The average molecular weight is 517 g/mol. The van der Waals surface area contributed by atoms with Crippen molar-refractivity contribution in [1.82, 2.24) is 4.98 Å². The van der Waals surface area contributed by atoms with Crippen LogP contribution in [0.5, 0.6) is 0 Å². The van der Waals surface area contributed by atoms with Crippen LogP contribution in [0.4, 0.5) is 15.8 Å². The predicted octanol–water partition coefficient (Wildman–Crippen LogP) is 6.25. The zero-order valence-electron chi connectivity index (χ0n) is 23.1. The second-order valence-electron chi connectivity index (χ2n) is 9.68. The molecule has 6 nitrogen and oxygen atoms in total. The number of carbonyl (C=O) groups is 2. The Labute approximate surface area is 225 Å². The number of halogens is 1. The summed E-state index contributed by atoms with van der Waals surface area (Å²) in [5, 5.41) is 0. The minimum atomic E-state index is -1.31. The Bertz CT molecular complexity index is 1340. The Morgan fingerprint density at radius 2 is 1.74 bits per heavy atom. The van der Waals surface area contributed by atoms with Crippen molar-refractivity contribution in [2.24, 2.45) is 5.92 Å². The van der Waals surface area contributed by atoms with Crippen molar-refractivity contribution in [2.45, 2.75) is 38.6 Å². The summed E-state index contributed by atoms with van der Waals surface area (Å²) in [6.45, 7) is -1.31. The summed E-state index contributed by atoms with van der Waals surface area (Å²) in [5.74, 6) is -1.53. The van der Waals surface area contributed by atoms with Gasteiger partial charge < -0.3 is 14.5 Å². The van der Waals surface area contributed by atoms with E-state index in [9.17, 15) is 9.59 Å². The molecule has 0 saturated heterocycles. The molecule has 7 heteroatoms. The first-order chi connectivity index (χ1) is 18.8. The number of nitrogens with zero attached hydrogens (tertiary/aromatic N) is 3. The van der Waals surface area contributed by atoms with Crippen molar-refractivity contribution in [3.63, 3.8) is 0 Å². The zero-order valence-corrected chi connectivity index (χ0v) is 22.1. The van der Waals surface area contributed by atoms with Crippen LogP contribution in [0.3, 0.4) is 0 Å². The number of ether oxygens (including phenoxy) is 1. The van der Waals surface area contributed by atoms with Crippen molar-refractivity contribution in [1.29, 1.82) is 0 Å². The predicted molar refractivity (Wildman–Crippen MR) is 149 cm³/mol. The topological polar surface area (TPSA) is 62.7 Å². The van der Waals surface area contributed by atoms with Gasteiger partial charge in [0, 0.05) is 43.5 Å². The lowest BCUT2D eigenvalue weighted by atomic mass is 9.88. The molecule has 1 heterocycles. The van der Waals surface area contributed by atoms with E-state index in [1.54, 1.807) is 24.4 Å². The van der Waals surface area contributed by atoms with Crippen molar-refractivity contribution < 1.29 is 20.1 Å². The van der Waals surface area contributed by atoms with E-state index < -0.39 is 18.3 Å². The fraction of sp³-hybridized carbons (Fsp3) is 0.323. The van der Waals surface area contributed by atoms with E-state index in [-0.39, 0.29) is 17.4 Å². The quantitative estimate of drug-likeness (QED) is 0.261. The normalized spacial score (nSPS) is 15.1. The van der Waals surface area contributed by atoms with Gasteiger partial charge in [-0.25, -0.2) is 9.18 Å². The summed E-state index contributed by atoms with van der Waals surface area (Å²) in [6.07, 6.45) is 10.3. The molecule has 1 aromatic heterocycles. The van der Waals surface area contributed by atoms with Gasteiger partial charge in [-0.15, -0.1) is 0 Å². The Hall–Kier alpha value is -4.00. The number of aromatic nitrogens is 1. The summed E-state index contributed by atoms with van der Waals surface area (Å²) >= 11 is 0. The van der Waals surface area contributed by atoms with Gasteiger partial charge in [-0.1, -0.05) is 43.5 Å². The Balaban J connectivity index is 1.68. The lowest BCUT2D eigenvalue weighted by molar-refractivity contribution is -0.134. The van der Waals surface area contributed by atoms with Crippen LogP contribution in [-0.2, 0) is 20.8 Å². The maximum Gasteiger partial charge on any atom is 0.330 e. The lowest BCUT2D eigenvalue weighted by Gasteiger charge is -2.29. The minimum Gasteiger partial charge on any atom is -0.466 e. The van der Waals surface area contributed by atoms with Gasteiger partial charge >= 0.3 is 5.97 Å². The molecule has 1 atom stereocenters. The molecule has 38 heavy (non-hydrogen) atoms. The third-order valence-electron chi connectivity index (χ3n) is 6.81. The maximum atomic E-state index is 15.6. The molecule has 0 spiro atoms. The summed E-state index contributed by atoms with van der Waals surface area (Å²) in [5.41, 5.74) is 3.62. The molecule has 0 bridgehead atoms. The molecule has 2 aromatic carbocycles. The number of anilines is 2. The standard InChI is InChI=1S/C31H34FN3O3/c1-34(2)27-14-12-23(13-15-27)25-10-11-26(29(32)18-25)21-35(31(37)24-7-5-4-6-8-24)28-17-22(19-33-20-28)9-16-30(36)38-3/h9-20,24H,4-8,21H2,1-3H3/b16-9+/i21D. The largest absolute Gasteiger partial charge is 0.466 e. The summed E-state index contributed by atoms with van der Waals surface area (Å²) in [7, 11) is 5.20. The van der Waals surface area contributed by atoms with Gasteiger partial charge in [0.15, 0.2) is 0 Å². The van der Waals surface area contributed by atoms with Gasteiger partial charge in [0.25, 0.3) is 0 Å². The van der Waals surface area contributed by atoms with Crippen molar-refractivity contribution in [2.75, 3.05) is 31.0 Å². The van der Waals surface area contributed by atoms with Crippen LogP contribution in [0.1, 0.15) is 44.6 Å². The molecule has 1 aliphatic rings. The van der Waals surface area contributed by atoms with Crippen LogP contribution in [0, 0.1) is 11.7 Å². The van der Waals surface area contributed by atoms with E-state index in [1.165, 1.54) is 36.4 Å². The third kappa shape index (κ3) is 6.65. The Kier molecular flexibility index (Phi) is 8.43. The van der Waals surface area contributed by atoms with Crippen LogP contribution >= 0.6 is 0 Å². The highest BCUT2D eigenvalue weighted by atomic mass is 19.1. The fourth-order valence-corrected chi connectivity index (χ4v) is 4.61. The molecular weight excluding hydrogens is 481 g/mol. The van der Waals surface area contributed by atoms with E-state index in [1.807, 2.05) is 43.3 Å². The van der Waals surface area contributed by atoms with E-state index in [0.717, 1.165) is 43.4 Å². The number of benzene rings is 2. The number of amides is 1.